The predicted molar refractivity (Wildman–Crippen MR) is 79.6 cm³/mol. The minimum Gasteiger partial charge on any atom is -0.385 e. The quantitative estimate of drug-likeness (QED) is 0.931. The SMILES string of the molecule is CCc1cc(CC2(O)CCCc3ccccc32)n(C)n1. The topological polar surface area (TPSA) is 38.0 Å². The maximum atomic E-state index is 11.1. The fourth-order valence-electron chi connectivity index (χ4n) is 3.29. The average molecular weight is 270 g/mol. The Labute approximate surface area is 120 Å². The van der Waals surface area contributed by atoms with Crippen molar-refractivity contribution in [3.63, 3.8) is 0 Å². The average Bonchev–Trinajstić information content (AvgIpc) is 2.80. The highest BCUT2D eigenvalue weighted by molar-refractivity contribution is 5.36. The summed E-state index contributed by atoms with van der Waals surface area (Å²) in [5, 5.41) is 15.6. The third-order valence-corrected chi connectivity index (χ3v) is 4.42. The molecule has 1 heterocycles. The van der Waals surface area contributed by atoms with Crippen molar-refractivity contribution in [1.82, 2.24) is 9.78 Å². The number of aromatic nitrogens is 2. The maximum Gasteiger partial charge on any atom is 0.0954 e. The van der Waals surface area contributed by atoms with Crippen LogP contribution in [0.2, 0.25) is 0 Å². The molecule has 3 nitrogen and oxygen atoms in total. The first-order valence-electron chi connectivity index (χ1n) is 7.45. The van der Waals surface area contributed by atoms with E-state index in [1.54, 1.807) is 0 Å². The Kier molecular flexibility index (Phi) is 3.38. The van der Waals surface area contributed by atoms with Crippen LogP contribution in [0.3, 0.4) is 0 Å². The predicted octanol–water partition coefficient (Wildman–Crippen LogP) is 2.75. The summed E-state index contributed by atoms with van der Waals surface area (Å²) in [5.41, 5.74) is 3.86. The zero-order valence-corrected chi connectivity index (χ0v) is 12.3. The first kappa shape index (κ1) is 13.4. The fraction of sp³-hybridized carbons (Fsp3) is 0.471. The molecule has 106 valence electrons. The molecular formula is C17H22N2O. The van der Waals surface area contributed by atoms with Crippen molar-refractivity contribution in [1.29, 1.82) is 0 Å². The highest BCUT2D eigenvalue weighted by atomic mass is 16.3. The molecule has 0 saturated carbocycles. The van der Waals surface area contributed by atoms with Gasteiger partial charge in [-0.05, 0) is 42.9 Å². The Balaban J connectivity index is 1.95. The van der Waals surface area contributed by atoms with Crippen molar-refractivity contribution >= 4 is 0 Å². The Hall–Kier alpha value is -1.61. The lowest BCUT2D eigenvalue weighted by Crippen LogP contribution is -2.33. The molecule has 0 saturated heterocycles. The van der Waals surface area contributed by atoms with Gasteiger partial charge in [-0.2, -0.15) is 5.10 Å². The number of nitrogens with zero attached hydrogens (tertiary/aromatic N) is 2. The zero-order valence-electron chi connectivity index (χ0n) is 12.3. The van der Waals surface area contributed by atoms with Gasteiger partial charge in [0.2, 0.25) is 0 Å². The normalized spacial score (nSPS) is 21.8. The third kappa shape index (κ3) is 2.27. The Bertz CT molecular complexity index is 617. The monoisotopic (exact) mass is 270 g/mol. The van der Waals surface area contributed by atoms with Gasteiger partial charge in [-0.25, -0.2) is 0 Å². The molecule has 1 unspecified atom stereocenters. The Morgan fingerprint density at radius 2 is 2.15 bits per heavy atom. The van der Waals surface area contributed by atoms with Crippen LogP contribution in [0, 0.1) is 0 Å². The minimum atomic E-state index is -0.742. The smallest absolute Gasteiger partial charge is 0.0954 e. The lowest BCUT2D eigenvalue weighted by Gasteiger charge is -2.34. The first-order valence-corrected chi connectivity index (χ1v) is 7.45. The van der Waals surface area contributed by atoms with Gasteiger partial charge in [0.25, 0.3) is 0 Å². The minimum absolute atomic E-state index is 0.646. The summed E-state index contributed by atoms with van der Waals surface area (Å²) in [6.07, 6.45) is 4.53. The molecule has 0 radical (unpaired) electrons. The van der Waals surface area contributed by atoms with Crippen molar-refractivity contribution in [2.75, 3.05) is 0 Å². The fourth-order valence-corrected chi connectivity index (χ4v) is 3.29. The van der Waals surface area contributed by atoms with Crippen LogP contribution in [0.4, 0.5) is 0 Å². The molecule has 1 aliphatic carbocycles. The van der Waals surface area contributed by atoms with E-state index in [2.05, 4.69) is 36.3 Å². The second-order valence-corrected chi connectivity index (χ2v) is 5.82. The van der Waals surface area contributed by atoms with Crippen LogP contribution in [-0.2, 0) is 31.9 Å². The Morgan fingerprint density at radius 3 is 2.90 bits per heavy atom. The number of fused-ring (bicyclic) bond motifs is 1. The van der Waals surface area contributed by atoms with Crippen molar-refractivity contribution < 1.29 is 5.11 Å². The van der Waals surface area contributed by atoms with E-state index in [1.165, 1.54) is 5.56 Å². The van der Waals surface area contributed by atoms with Crippen molar-refractivity contribution in [3.8, 4) is 0 Å². The third-order valence-electron chi connectivity index (χ3n) is 4.42. The zero-order chi connectivity index (χ0) is 14.2. The van der Waals surface area contributed by atoms with Crippen LogP contribution < -0.4 is 0 Å². The number of rotatable bonds is 3. The lowest BCUT2D eigenvalue weighted by molar-refractivity contribution is 0.0173. The molecule has 1 aromatic heterocycles. The molecule has 1 N–H and O–H groups in total. The molecule has 1 aromatic carbocycles. The first-order chi connectivity index (χ1) is 9.62. The maximum absolute atomic E-state index is 11.1. The molecule has 3 rings (SSSR count). The van der Waals surface area contributed by atoms with Gasteiger partial charge >= 0.3 is 0 Å². The molecule has 3 heteroatoms. The van der Waals surface area contributed by atoms with Gasteiger partial charge < -0.3 is 5.11 Å². The molecule has 0 bridgehead atoms. The molecule has 1 atom stereocenters. The van der Waals surface area contributed by atoms with Gasteiger partial charge in [-0.3, -0.25) is 4.68 Å². The van der Waals surface area contributed by atoms with Gasteiger partial charge in [-0.1, -0.05) is 31.2 Å². The number of benzene rings is 1. The highest BCUT2D eigenvalue weighted by Crippen LogP contribution is 2.37. The number of hydrogen-bond donors (Lipinski definition) is 1. The van der Waals surface area contributed by atoms with E-state index in [0.29, 0.717) is 6.42 Å². The van der Waals surface area contributed by atoms with E-state index >= 15 is 0 Å². The largest absolute Gasteiger partial charge is 0.385 e. The van der Waals surface area contributed by atoms with E-state index in [-0.39, 0.29) is 0 Å². The van der Waals surface area contributed by atoms with E-state index in [9.17, 15) is 5.11 Å². The van der Waals surface area contributed by atoms with Gasteiger partial charge in [0.1, 0.15) is 0 Å². The van der Waals surface area contributed by atoms with Gasteiger partial charge in [0, 0.05) is 19.2 Å². The molecule has 0 amide bonds. The number of aliphatic hydroxyl groups is 1. The van der Waals surface area contributed by atoms with E-state index in [0.717, 1.165) is 42.6 Å². The van der Waals surface area contributed by atoms with Crippen LogP contribution in [0.25, 0.3) is 0 Å². The second-order valence-electron chi connectivity index (χ2n) is 5.82. The van der Waals surface area contributed by atoms with Gasteiger partial charge in [0.05, 0.1) is 11.3 Å². The van der Waals surface area contributed by atoms with Gasteiger partial charge in [-0.15, -0.1) is 0 Å². The van der Waals surface area contributed by atoms with E-state index < -0.39 is 5.60 Å². The van der Waals surface area contributed by atoms with Crippen LogP contribution in [0.5, 0.6) is 0 Å². The summed E-state index contributed by atoms with van der Waals surface area (Å²) < 4.78 is 1.91. The van der Waals surface area contributed by atoms with E-state index in [1.807, 2.05) is 17.8 Å². The van der Waals surface area contributed by atoms with E-state index in [4.69, 9.17) is 0 Å². The van der Waals surface area contributed by atoms with Crippen LogP contribution in [0.1, 0.15) is 42.3 Å². The molecule has 2 aromatic rings. The lowest BCUT2D eigenvalue weighted by atomic mass is 9.76. The molecular weight excluding hydrogens is 248 g/mol. The molecule has 0 spiro atoms. The number of aryl methyl sites for hydroxylation is 3. The van der Waals surface area contributed by atoms with Crippen LogP contribution in [0.15, 0.2) is 30.3 Å². The summed E-state index contributed by atoms with van der Waals surface area (Å²) in [6.45, 7) is 2.11. The summed E-state index contributed by atoms with van der Waals surface area (Å²) >= 11 is 0. The molecule has 0 aliphatic heterocycles. The summed E-state index contributed by atoms with van der Waals surface area (Å²) in [5.74, 6) is 0. The summed E-state index contributed by atoms with van der Waals surface area (Å²) in [4.78, 5) is 0. The van der Waals surface area contributed by atoms with Crippen molar-refractivity contribution in [3.05, 3.63) is 52.8 Å². The summed E-state index contributed by atoms with van der Waals surface area (Å²) in [6, 6.07) is 10.4. The second kappa shape index (κ2) is 5.06. The summed E-state index contributed by atoms with van der Waals surface area (Å²) in [7, 11) is 1.96. The van der Waals surface area contributed by atoms with Crippen molar-refractivity contribution in [2.24, 2.45) is 7.05 Å². The highest BCUT2D eigenvalue weighted by Gasteiger charge is 2.35. The van der Waals surface area contributed by atoms with Crippen molar-refractivity contribution in [2.45, 2.75) is 44.6 Å². The standard InChI is InChI=1S/C17H22N2O/c1-3-14-11-15(19(2)18-14)12-17(20)10-6-8-13-7-4-5-9-16(13)17/h4-5,7,9,11,20H,3,6,8,10,12H2,1-2H3. The molecule has 1 aliphatic rings. The van der Waals surface area contributed by atoms with Crippen LogP contribution in [-0.4, -0.2) is 14.9 Å². The molecule has 0 fully saturated rings. The van der Waals surface area contributed by atoms with Crippen LogP contribution >= 0.6 is 0 Å². The molecule has 20 heavy (non-hydrogen) atoms. The number of hydrogen-bond acceptors (Lipinski definition) is 2. The van der Waals surface area contributed by atoms with Gasteiger partial charge in [0.15, 0.2) is 0 Å². The Morgan fingerprint density at radius 1 is 1.35 bits per heavy atom.